The van der Waals surface area contributed by atoms with E-state index in [2.05, 4.69) is 4.72 Å². The van der Waals surface area contributed by atoms with Crippen LogP contribution in [0, 0.1) is 0 Å². The molecule has 2 aromatic rings. The van der Waals surface area contributed by atoms with Gasteiger partial charge in [-0.2, -0.15) is 0 Å². The SMILES string of the molecule is CC(=O)N(C)c1ccccc1NS(=O)(=O)c1ccc2c(c1)OCO2. The van der Waals surface area contributed by atoms with Gasteiger partial charge in [0.25, 0.3) is 10.0 Å². The van der Waals surface area contributed by atoms with Crippen LogP contribution in [0.5, 0.6) is 11.5 Å². The molecule has 0 spiro atoms. The number of benzene rings is 2. The Balaban J connectivity index is 1.95. The Morgan fingerprint density at radius 3 is 2.58 bits per heavy atom. The van der Waals surface area contributed by atoms with Gasteiger partial charge in [-0.3, -0.25) is 9.52 Å². The molecule has 24 heavy (non-hydrogen) atoms. The lowest BCUT2D eigenvalue weighted by molar-refractivity contribution is -0.116. The van der Waals surface area contributed by atoms with Crippen LogP contribution in [0.4, 0.5) is 11.4 Å². The fourth-order valence-corrected chi connectivity index (χ4v) is 3.36. The number of para-hydroxylation sites is 2. The molecule has 0 saturated heterocycles. The number of hydrogen-bond acceptors (Lipinski definition) is 5. The van der Waals surface area contributed by atoms with E-state index in [0.717, 1.165) is 0 Å². The van der Waals surface area contributed by atoms with E-state index in [1.54, 1.807) is 37.4 Å². The van der Waals surface area contributed by atoms with Crippen molar-refractivity contribution >= 4 is 27.3 Å². The number of sulfonamides is 1. The lowest BCUT2D eigenvalue weighted by atomic mass is 10.2. The van der Waals surface area contributed by atoms with E-state index in [4.69, 9.17) is 9.47 Å². The summed E-state index contributed by atoms with van der Waals surface area (Å²) < 4.78 is 38.2. The molecule has 0 fully saturated rings. The predicted molar refractivity (Wildman–Crippen MR) is 88.9 cm³/mol. The highest BCUT2D eigenvalue weighted by Gasteiger charge is 2.22. The van der Waals surface area contributed by atoms with Gasteiger partial charge < -0.3 is 14.4 Å². The monoisotopic (exact) mass is 348 g/mol. The van der Waals surface area contributed by atoms with E-state index in [-0.39, 0.29) is 17.6 Å². The fourth-order valence-electron chi connectivity index (χ4n) is 2.27. The molecule has 0 aromatic heterocycles. The molecule has 0 unspecified atom stereocenters. The van der Waals surface area contributed by atoms with Gasteiger partial charge in [0.05, 0.1) is 16.3 Å². The van der Waals surface area contributed by atoms with Crippen LogP contribution >= 0.6 is 0 Å². The van der Waals surface area contributed by atoms with Crippen molar-refractivity contribution in [1.29, 1.82) is 0 Å². The Hall–Kier alpha value is -2.74. The zero-order valence-electron chi connectivity index (χ0n) is 13.1. The van der Waals surface area contributed by atoms with Gasteiger partial charge in [-0.25, -0.2) is 8.42 Å². The lowest BCUT2D eigenvalue weighted by Crippen LogP contribution is -2.25. The second kappa shape index (κ2) is 6.04. The van der Waals surface area contributed by atoms with Crippen LogP contribution in [-0.4, -0.2) is 28.2 Å². The van der Waals surface area contributed by atoms with Crippen molar-refractivity contribution in [2.45, 2.75) is 11.8 Å². The zero-order valence-corrected chi connectivity index (χ0v) is 14.0. The molecule has 0 bridgehead atoms. The molecule has 126 valence electrons. The van der Waals surface area contributed by atoms with Gasteiger partial charge in [-0.1, -0.05) is 12.1 Å². The molecule has 3 rings (SSSR count). The normalized spacial score (nSPS) is 12.8. The fraction of sp³-hybridized carbons (Fsp3) is 0.188. The summed E-state index contributed by atoms with van der Waals surface area (Å²) in [6, 6.07) is 11.1. The van der Waals surface area contributed by atoms with Crippen molar-refractivity contribution in [3.8, 4) is 11.5 Å². The lowest BCUT2D eigenvalue weighted by Gasteiger charge is -2.19. The summed E-state index contributed by atoms with van der Waals surface area (Å²) in [5.41, 5.74) is 0.780. The molecule has 2 aromatic carbocycles. The number of amides is 1. The summed E-state index contributed by atoms with van der Waals surface area (Å²) in [6.45, 7) is 1.47. The van der Waals surface area contributed by atoms with Crippen LogP contribution in [0.3, 0.4) is 0 Å². The molecule has 1 N–H and O–H groups in total. The molecule has 0 atom stereocenters. The Kier molecular flexibility index (Phi) is 4.06. The number of rotatable bonds is 4. The first-order valence-corrected chi connectivity index (χ1v) is 8.62. The standard InChI is InChI=1S/C16H16N2O5S/c1-11(19)18(2)14-6-4-3-5-13(14)17-24(20,21)12-7-8-15-16(9-12)23-10-22-15/h3-9,17H,10H2,1-2H3. The topological polar surface area (TPSA) is 84.9 Å². The number of carbonyl (C=O) groups is 1. The summed E-state index contributed by atoms with van der Waals surface area (Å²) in [7, 11) is -2.26. The van der Waals surface area contributed by atoms with Crippen LogP contribution in [0.2, 0.25) is 0 Å². The maximum Gasteiger partial charge on any atom is 0.262 e. The average Bonchev–Trinajstić information content (AvgIpc) is 3.02. The van der Waals surface area contributed by atoms with Crippen LogP contribution in [0.1, 0.15) is 6.92 Å². The van der Waals surface area contributed by atoms with Crippen LogP contribution in [0.15, 0.2) is 47.4 Å². The third-order valence-corrected chi connectivity index (χ3v) is 5.00. The van der Waals surface area contributed by atoms with Crippen molar-refractivity contribution in [3.63, 3.8) is 0 Å². The van der Waals surface area contributed by atoms with Gasteiger partial charge in [-0.15, -0.1) is 0 Å². The number of nitrogens with one attached hydrogen (secondary N) is 1. The number of fused-ring (bicyclic) bond motifs is 1. The van der Waals surface area contributed by atoms with Crippen molar-refractivity contribution in [2.24, 2.45) is 0 Å². The summed E-state index contributed by atoms with van der Waals surface area (Å²) in [6.07, 6.45) is 0. The zero-order chi connectivity index (χ0) is 17.3. The maximum atomic E-state index is 12.6. The van der Waals surface area contributed by atoms with Crippen LogP contribution in [0.25, 0.3) is 0 Å². The third kappa shape index (κ3) is 3.00. The first-order chi connectivity index (χ1) is 11.4. The molecule has 7 nitrogen and oxygen atoms in total. The van der Waals surface area contributed by atoms with Crippen molar-refractivity contribution in [3.05, 3.63) is 42.5 Å². The molecule has 1 heterocycles. The van der Waals surface area contributed by atoms with Gasteiger partial charge in [0.15, 0.2) is 11.5 Å². The largest absolute Gasteiger partial charge is 0.454 e. The molecule has 1 aliphatic rings. The number of ether oxygens (including phenoxy) is 2. The minimum Gasteiger partial charge on any atom is -0.454 e. The average molecular weight is 348 g/mol. The van der Waals surface area contributed by atoms with Crippen molar-refractivity contribution < 1.29 is 22.7 Å². The Morgan fingerprint density at radius 2 is 1.83 bits per heavy atom. The minimum atomic E-state index is -3.84. The van der Waals surface area contributed by atoms with Gasteiger partial charge in [0.2, 0.25) is 12.7 Å². The Bertz CT molecular complexity index is 895. The minimum absolute atomic E-state index is 0.0482. The summed E-state index contributed by atoms with van der Waals surface area (Å²) in [5.74, 6) is 0.683. The van der Waals surface area contributed by atoms with Crippen LogP contribution in [-0.2, 0) is 14.8 Å². The van der Waals surface area contributed by atoms with E-state index in [9.17, 15) is 13.2 Å². The van der Waals surface area contributed by atoms with E-state index in [1.807, 2.05) is 0 Å². The highest BCUT2D eigenvalue weighted by molar-refractivity contribution is 7.92. The van der Waals surface area contributed by atoms with E-state index in [1.165, 1.54) is 24.0 Å². The quantitative estimate of drug-likeness (QED) is 0.915. The molecule has 1 aliphatic heterocycles. The molecular weight excluding hydrogens is 332 g/mol. The van der Waals surface area contributed by atoms with Crippen molar-refractivity contribution in [1.82, 2.24) is 0 Å². The van der Waals surface area contributed by atoms with E-state index in [0.29, 0.717) is 22.9 Å². The summed E-state index contributed by atoms with van der Waals surface area (Å²) >= 11 is 0. The maximum absolute atomic E-state index is 12.6. The second-order valence-electron chi connectivity index (χ2n) is 5.22. The third-order valence-electron chi connectivity index (χ3n) is 3.64. The van der Waals surface area contributed by atoms with Gasteiger partial charge in [0.1, 0.15) is 0 Å². The molecule has 1 amide bonds. The van der Waals surface area contributed by atoms with Gasteiger partial charge >= 0.3 is 0 Å². The smallest absolute Gasteiger partial charge is 0.262 e. The van der Waals surface area contributed by atoms with Gasteiger partial charge in [0, 0.05) is 20.0 Å². The first-order valence-electron chi connectivity index (χ1n) is 7.14. The number of carbonyl (C=O) groups excluding carboxylic acids is 1. The predicted octanol–water partition coefficient (Wildman–Crippen LogP) is 2.20. The molecule has 0 radical (unpaired) electrons. The molecule has 8 heteroatoms. The number of anilines is 2. The highest BCUT2D eigenvalue weighted by atomic mass is 32.2. The highest BCUT2D eigenvalue weighted by Crippen LogP contribution is 2.35. The summed E-state index contributed by atoms with van der Waals surface area (Å²) in [5, 5.41) is 0. The summed E-state index contributed by atoms with van der Waals surface area (Å²) in [4.78, 5) is 13.0. The van der Waals surface area contributed by atoms with Gasteiger partial charge in [-0.05, 0) is 24.3 Å². The number of hydrogen-bond donors (Lipinski definition) is 1. The Labute approximate surface area is 139 Å². The molecule has 0 saturated carbocycles. The Morgan fingerprint density at radius 1 is 1.12 bits per heavy atom. The van der Waals surface area contributed by atoms with E-state index < -0.39 is 10.0 Å². The molecule has 0 aliphatic carbocycles. The van der Waals surface area contributed by atoms with Crippen LogP contribution < -0.4 is 19.1 Å². The second-order valence-corrected chi connectivity index (χ2v) is 6.90. The molecular formula is C16H16N2O5S. The van der Waals surface area contributed by atoms with Crippen molar-refractivity contribution in [2.75, 3.05) is 23.5 Å². The van der Waals surface area contributed by atoms with E-state index >= 15 is 0 Å². The first kappa shape index (κ1) is 16.1. The number of nitrogens with zero attached hydrogens (tertiary/aromatic N) is 1.